The second kappa shape index (κ2) is 9.18. The number of carbonyl (C=O) groups excluding carboxylic acids is 2. The van der Waals surface area contributed by atoms with Gasteiger partial charge in [0.15, 0.2) is 5.69 Å². The fourth-order valence-electron chi connectivity index (χ4n) is 5.02. The lowest BCUT2D eigenvalue weighted by molar-refractivity contribution is -0.120. The first-order valence-electron chi connectivity index (χ1n) is 11.7. The fraction of sp³-hybridized carbons (Fsp3) is 0.783. The molecule has 1 aromatic heterocycles. The molecule has 2 fully saturated rings. The van der Waals surface area contributed by atoms with Crippen molar-refractivity contribution in [3.63, 3.8) is 0 Å². The number of amides is 2. The summed E-state index contributed by atoms with van der Waals surface area (Å²) in [5, 5.41) is 9.29. The molecule has 0 unspecified atom stereocenters. The molecule has 0 bridgehead atoms. The number of aromatic nitrogens is 1. The van der Waals surface area contributed by atoms with Gasteiger partial charge in [0.2, 0.25) is 5.91 Å². The van der Waals surface area contributed by atoms with Gasteiger partial charge in [-0.25, -0.2) is 0 Å². The highest BCUT2D eigenvalue weighted by atomic mass is 16.7. The Bertz CT molecular complexity index is 841. The van der Waals surface area contributed by atoms with E-state index >= 15 is 0 Å². The molecule has 2 aliphatic rings. The molecule has 3 rings (SSSR count). The molecule has 1 aliphatic carbocycles. The van der Waals surface area contributed by atoms with Gasteiger partial charge in [-0.1, -0.05) is 46.7 Å². The standard InChI is InChI=1S/C23H38BN3O5/c1-13(2)9-19(26-20(28)12-25-21(29)17-11-15(4)31-27-17)24-30-18-10-14(3)22(6,7)16(5)23(18,8)32-24/h11,13-14,16,18-19H,9-10,12H2,1-8H3,(H,25,29)(H,26,28)/t14-,16-,18+,19-,23-/m0/s1. The number of nitrogens with one attached hydrogen (secondary N) is 2. The van der Waals surface area contributed by atoms with Crippen molar-refractivity contribution in [2.75, 3.05) is 6.54 Å². The van der Waals surface area contributed by atoms with Gasteiger partial charge >= 0.3 is 7.12 Å². The van der Waals surface area contributed by atoms with Gasteiger partial charge in [-0.15, -0.1) is 0 Å². The van der Waals surface area contributed by atoms with Crippen molar-refractivity contribution in [3.8, 4) is 0 Å². The quantitative estimate of drug-likeness (QED) is 0.623. The lowest BCUT2D eigenvalue weighted by Gasteiger charge is -2.53. The SMILES string of the molecule is Cc1cc(C(=O)NCC(=O)N[C@@H](CC(C)C)B2O[C@@H]3C[C@H](C)C(C)(C)[C@H](C)[C@]3(C)O2)no1. The average Bonchev–Trinajstić information content (AvgIpc) is 3.28. The summed E-state index contributed by atoms with van der Waals surface area (Å²) in [4.78, 5) is 24.8. The number of carbonyl (C=O) groups is 2. The Hall–Kier alpha value is -1.87. The first kappa shape index (κ1) is 24.8. The van der Waals surface area contributed by atoms with Crippen molar-refractivity contribution < 1.29 is 23.4 Å². The Balaban J connectivity index is 1.65. The third kappa shape index (κ3) is 4.88. The van der Waals surface area contributed by atoms with Gasteiger partial charge in [0.05, 0.1) is 24.2 Å². The summed E-state index contributed by atoms with van der Waals surface area (Å²) in [6.07, 6.45) is 1.63. The molecular formula is C23H38BN3O5. The Morgan fingerprint density at radius 3 is 2.56 bits per heavy atom. The van der Waals surface area contributed by atoms with E-state index in [4.69, 9.17) is 13.8 Å². The van der Waals surface area contributed by atoms with Gasteiger partial charge in [-0.05, 0) is 49.9 Å². The normalized spacial score (nSPS) is 30.2. The van der Waals surface area contributed by atoms with Gasteiger partial charge in [-0.2, -0.15) is 0 Å². The lowest BCUT2D eigenvalue weighted by Crippen LogP contribution is -2.56. The second-order valence-corrected chi connectivity index (χ2v) is 10.8. The maximum atomic E-state index is 12.7. The third-order valence-electron chi connectivity index (χ3n) is 7.79. The summed E-state index contributed by atoms with van der Waals surface area (Å²) in [6.45, 7) is 17.0. The molecular weight excluding hydrogens is 409 g/mol. The molecule has 32 heavy (non-hydrogen) atoms. The molecule has 178 valence electrons. The van der Waals surface area contributed by atoms with E-state index in [0.29, 0.717) is 29.9 Å². The molecule has 9 heteroatoms. The predicted molar refractivity (Wildman–Crippen MR) is 122 cm³/mol. The van der Waals surface area contributed by atoms with Gasteiger partial charge in [0, 0.05) is 6.07 Å². The molecule has 2 heterocycles. The average molecular weight is 447 g/mol. The summed E-state index contributed by atoms with van der Waals surface area (Å²) in [7, 11) is -0.520. The Morgan fingerprint density at radius 1 is 1.28 bits per heavy atom. The van der Waals surface area contributed by atoms with E-state index in [2.05, 4.69) is 64.3 Å². The smallest absolute Gasteiger partial charge is 0.404 e. The minimum Gasteiger partial charge on any atom is -0.404 e. The summed E-state index contributed by atoms with van der Waals surface area (Å²) in [6, 6.07) is 1.53. The summed E-state index contributed by atoms with van der Waals surface area (Å²) >= 11 is 0. The van der Waals surface area contributed by atoms with E-state index in [1.54, 1.807) is 6.92 Å². The molecule has 8 nitrogen and oxygen atoms in total. The minimum atomic E-state index is -0.520. The number of aryl methyl sites for hydroxylation is 1. The zero-order chi connectivity index (χ0) is 23.8. The van der Waals surface area contributed by atoms with Gasteiger partial charge in [-0.3, -0.25) is 9.59 Å². The topological polar surface area (TPSA) is 103 Å². The third-order valence-corrected chi connectivity index (χ3v) is 7.79. The number of nitrogens with zero attached hydrogens (tertiary/aromatic N) is 1. The van der Waals surface area contributed by atoms with Crippen LogP contribution in [0.4, 0.5) is 0 Å². The Morgan fingerprint density at radius 2 is 1.97 bits per heavy atom. The zero-order valence-corrected chi connectivity index (χ0v) is 20.7. The van der Waals surface area contributed by atoms with E-state index in [9.17, 15) is 9.59 Å². The van der Waals surface area contributed by atoms with Crippen LogP contribution >= 0.6 is 0 Å². The monoisotopic (exact) mass is 447 g/mol. The molecule has 1 aliphatic heterocycles. The van der Waals surface area contributed by atoms with E-state index in [1.165, 1.54) is 6.07 Å². The summed E-state index contributed by atoms with van der Waals surface area (Å²) < 4.78 is 17.9. The summed E-state index contributed by atoms with van der Waals surface area (Å²) in [5.41, 5.74) is -0.122. The molecule has 1 aromatic rings. The van der Waals surface area contributed by atoms with Crippen LogP contribution in [0, 0.1) is 30.1 Å². The first-order chi connectivity index (χ1) is 14.8. The molecule has 1 saturated heterocycles. The molecule has 0 aromatic carbocycles. The summed E-state index contributed by atoms with van der Waals surface area (Å²) in [5.74, 6) is 0.632. The Labute approximate surface area is 191 Å². The van der Waals surface area contributed by atoms with Crippen molar-refractivity contribution in [1.82, 2.24) is 15.8 Å². The van der Waals surface area contributed by atoms with E-state index in [0.717, 1.165) is 6.42 Å². The second-order valence-electron chi connectivity index (χ2n) is 10.8. The Kier molecular flexibility index (Phi) is 7.10. The zero-order valence-electron chi connectivity index (χ0n) is 20.7. The fourth-order valence-corrected chi connectivity index (χ4v) is 5.02. The number of rotatable bonds is 7. The highest BCUT2D eigenvalue weighted by molar-refractivity contribution is 6.47. The van der Waals surface area contributed by atoms with Crippen LogP contribution in [0.2, 0.25) is 0 Å². The maximum Gasteiger partial charge on any atom is 0.481 e. The van der Waals surface area contributed by atoms with Gasteiger partial charge in [0.25, 0.3) is 5.91 Å². The van der Waals surface area contributed by atoms with Crippen molar-refractivity contribution in [1.29, 1.82) is 0 Å². The molecule has 0 radical (unpaired) electrons. The van der Waals surface area contributed by atoms with Gasteiger partial charge in [0.1, 0.15) is 5.76 Å². The van der Waals surface area contributed by atoms with Crippen LogP contribution in [0.3, 0.4) is 0 Å². The van der Waals surface area contributed by atoms with Crippen molar-refractivity contribution in [2.24, 2.45) is 23.2 Å². The van der Waals surface area contributed by atoms with E-state index in [-0.39, 0.29) is 35.6 Å². The largest absolute Gasteiger partial charge is 0.481 e. The van der Waals surface area contributed by atoms with E-state index in [1.807, 2.05) is 0 Å². The first-order valence-corrected chi connectivity index (χ1v) is 11.7. The van der Waals surface area contributed by atoms with E-state index < -0.39 is 18.6 Å². The highest BCUT2D eigenvalue weighted by Crippen LogP contribution is 2.54. The van der Waals surface area contributed by atoms with Crippen LogP contribution in [0.5, 0.6) is 0 Å². The maximum absolute atomic E-state index is 12.7. The van der Waals surface area contributed by atoms with Crippen LogP contribution in [0.25, 0.3) is 0 Å². The molecule has 0 spiro atoms. The number of hydrogen-bond acceptors (Lipinski definition) is 6. The van der Waals surface area contributed by atoms with Crippen LogP contribution in [-0.4, -0.2) is 48.3 Å². The molecule has 5 atom stereocenters. The number of fused-ring (bicyclic) bond motifs is 1. The lowest BCUT2D eigenvalue weighted by atomic mass is 9.57. The van der Waals surface area contributed by atoms with Crippen LogP contribution in [0.1, 0.15) is 77.6 Å². The van der Waals surface area contributed by atoms with Crippen LogP contribution in [0.15, 0.2) is 10.6 Å². The molecule has 2 N–H and O–H groups in total. The van der Waals surface area contributed by atoms with Crippen LogP contribution < -0.4 is 10.6 Å². The van der Waals surface area contributed by atoms with Crippen molar-refractivity contribution in [3.05, 3.63) is 17.5 Å². The van der Waals surface area contributed by atoms with Crippen molar-refractivity contribution in [2.45, 2.75) is 85.9 Å². The van der Waals surface area contributed by atoms with Gasteiger partial charge < -0.3 is 24.5 Å². The molecule has 2 amide bonds. The van der Waals surface area contributed by atoms with Crippen LogP contribution in [-0.2, 0) is 14.1 Å². The highest BCUT2D eigenvalue weighted by Gasteiger charge is 2.61. The van der Waals surface area contributed by atoms with Crippen molar-refractivity contribution >= 4 is 18.9 Å². The minimum absolute atomic E-state index is 0.00722. The molecule has 1 saturated carbocycles. The number of hydrogen-bond donors (Lipinski definition) is 2. The predicted octanol–water partition coefficient (Wildman–Crippen LogP) is 3.15.